The SMILES string of the molecule is C=C1CC[C@H](O)CC1=CC=C1CCC[C@]2(C)C([C@H](C)C=C[C@H](C)C(C)C)CC[C@@H]12. The van der Waals surface area contributed by atoms with Crippen LogP contribution in [-0.2, 0) is 0 Å². The quantitative estimate of drug-likeness (QED) is 0.473. The van der Waals surface area contributed by atoms with Crippen LogP contribution in [-0.4, -0.2) is 11.2 Å². The molecule has 1 N–H and O–H groups in total. The van der Waals surface area contributed by atoms with Gasteiger partial charge in [0, 0.05) is 0 Å². The third kappa shape index (κ3) is 4.98. The van der Waals surface area contributed by atoms with Gasteiger partial charge >= 0.3 is 0 Å². The third-order valence-electron chi connectivity index (χ3n) is 8.63. The van der Waals surface area contributed by atoms with Gasteiger partial charge in [-0.25, -0.2) is 0 Å². The number of rotatable bonds is 5. The molecule has 0 aliphatic heterocycles. The van der Waals surface area contributed by atoms with Crippen LogP contribution in [0.5, 0.6) is 0 Å². The molecule has 0 amide bonds. The Morgan fingerprint density at radius 2 is 1.79 bits per heavy atom. The second-order valence-electron chi connectivity index (χ2n) is 10.9. The van der Waals surface area contributed by atoms with Crippen molar-refractivity contribution in [3.05, 3.63) is 47.6 Å². The van der Waals surface area contributed by atoms with Gasteiger partial charge in [-0.1, -0.05) is 76.6 Å². The largest absolute Gasteiger partial charge is 0.393 e. The summed E-state index contributed by atoms with van der Waals surface area (Å²) in [4.78, 5) is 0. The molecule has 1 unspecified atom stereocenters. The molecule has 0 aromatic heterocycles. The van der Waals surface area contributed by atoms with Crippen molar-refractivity contribution in [3.63, 3.8) is 0 Å². The lowest BCUT2D eigenvalue weighted by Gasteiger charge is -2.44. The van der Waals surface area contributed by atoms with Gasteiger partial charge in [0.15, 0.2) is 0 Å². The van der Waals surface area contributed by atoms with Gasteiger partial charge in [0.25, 0.3) is 0 Å². The summed E-state index contributed by atoms with van der Waals surface area (Å²) < 4.78 is 0. The molecular weight excluding hydrogens is 352 g/mol. The number of hydrogen-bond donors (Lipinski definition) is 1. The molecule has 29 heavy (non-hydrogen) atoms. The zero-order valence-corrected chi connectivity index (χ0v) is 19.6. The lowest BCUT2D eigenvalue weighted by atomic mass is 9.61. The van der Waals surface area contributed by atoms with Crippen molar-refractivity contribution in [1.29, 1.82) is 0 Å². The molecule has 0 heterocycles. The first-order valence-corrected chi connectivity index (χ1v) is 12.2. The Morgan fingerprint density at radius 3 is 2.52 bits per heavy atom. The molecule has 6 atom stereocenters. The molecular formula is C28H44O. The lowest BCUT2D eigenvalue weighted by Crippen LogP contribution is -2.35. The van der Waals surface area contributed by atoms with E-state index in [0.29, 0.717) is 17.3 Å². The highest BCUT2D eigenvalue weighted by Crippen LogP contribution is 2.59. The molecule has 1 heteroatoms. The summed E-state index contributed by atoms with van der Waals surface area (Å²) >= 11 is 0. The van der Waals surface area contributed by atoms with Crippen molar-refractivity contribution >= 4 is 0 Å². The monoisotopic (exact) mass is 396 g/mol. The van der Waals surface area contributed by atoms with Crippen molar-refractivity contribution in [2.45, 2.75) is 92.1 Å². The van der Waals surface area contributed by atoms with Crippen LogP contribution in [0.25, 0.3) is 0 Å². The molecule has 3 aliphatic rings. The zero-order valence-electron chi connectivity index (χ0n) is 19.6. The van der Waals surface area contributed by atoms with E-state index in [1.807, 2.05) is 0 Å². The lowest BCUT2D eigenvalue weighted by molar-refractivity contribution is 0.112. The van der Waals surface area contributed by atoms with E-state index >= 15 is 0 Å². The van der Waals surface area contributed by atoms with Crippen LogP contribution in [0, 0.1) is 35.0 Å². The standard InChI is InChI=1S/C28H44O/c1-19(2)20(3)9-10-22(5)26-15-16-27-23(8-7-17-28(26,27)6)12-13-24-18-25(29)14-11-21(24)4/h9-10,12-13,19-20,22,25-27,29H,4,7-8,11,14-18H2,1-3,5-6H3/t20-,22+,25-,26?,27-,28+/m0/s1. The Bertz CT molecular complexity index is 678. The number of fused-ring (bicyclic) bond motifs is 1. The van der Waals surface area contributed by atoms with Crippen LogP contribution in [0.2, 0.25) is 0 Å². The molecule has 0 radical (unpaired) electrons. The normalized spacial score (nSPS) is 38.2. The Balaban J connectivity index is 1.75. The van der Waals surface area contributed by atoms with Gasteiger partial charge in [0.2, 0.25) is 0 Å². The van der Waals surface area contributed by atoms with E-state index < -0.39 is 0 Å². The van der Waals surface area contributed by atoms with E-state index in [-0.39, 0.29) is 6.10 Å². The fourth-order valence-electron chi connectivity index (χ4n) is 6.25. The molecule has 3 aliphatic carbocycles. The van der Waals surface area contributed by atoms with Crippen LogP contribution in [0.4, 0.5) is 0 Å². The third-order valence-corrected chi connectivity index (χ3v) is 8.63. The summed E-state index contributed by atoms with van der Waals surface area (Å²) in [6.45, 7) is 16.3. The molecule has 0 saturated heterocycles. The van der Waals surface area contributed by atoms with Gasteiger partial charge < -0.3 is 5.11 Å². The van der Waals surface area contributed by atoms with Crippen molar-refractivity contribution in [3.8, 4) is 0 Å². The molecule has 0 bridgehead atoms. The average molecular weight is 397 g/mol. The highest BCUT2D eigenvalue weighted by molar-refractivity contribution is 5.36. The first-order valence-electron chi connectivity index (χ1n) is 12.2. The first-order chi connectivity index (χ1) is 13.7. The Morgan fingerprint density at radius 1 is 1.03 bits per heavy atom. The van der Waals surface area contributed by atoms with E-state index in [9.17, 15) is 5.11 Å². The van der Waals surface area contributed by atoms with Crippen molar-refractivity contribution in [2.24, 2.45) is 35.0 Å². The van der Waals surface area contributed by atoms with Crippen LogP contribution < -0.4 is 0 Å². The van der Waals surface area contributed by atoms with Crippen LogP contribution >= 0.6 is 0 Å². The summed E-state index contributed by atoms with van der Waals surface area (Å²) in [7, 11) is 0. The second kappa shape index (κ2) is 9.38. The topological polar surface area (TPSA) is 20.2 Å². The van der Waals surface area contributed by atoms with Crippen LogP contribution in [0.3, 0.4) is 0 Å². The first kappa shape index (κ1) is 22.6. The minimum atomic E-state index is -0.182. The van der Waals surface area contributed by atoms with Crippen molar-refractivity contribution in [2.75, 3.05) is 0 Å². The Labute approximate surface area is 180 Å². The van der Waals surface area contributed by atoms with E-state index in [1.165, 1.54) is 43.3 Å². The second-order valence-corrected chi connectivity index (χ2v) is 10.9. The number of aliphatic hydroxyl groups excluding tert-OH is 1. The predicted molar refractivity (Wildman–Crippen MR) is 126 cm³/mol. The van der Waals surface area contributed by atoms with Crippen molar-refractivity contribution in [1.82, 2.24) is 0 Å². The van der Waals surface area contributed by atoms with E-state index in [0.717, 1.165) is 37.0 Å². The summed E-state index contributed by atoms with van der Waals surface area (Å²) in [5.41, 5.74) is 4.61. The summed E-state index contributed by atoms with van der Waals surface area (Å²) in [6.07, 6.45) is 18.8. The summed E-state index contributed by atoms with van der Waals surface area (Å²) in [5.74, 6) is 3.58. The Kier molecular flexibility index (Phi) is 7.31. The number of aliphatic hydroxyl groups is 1. The van der Waals surface area contributed by atoms with E-state index in [1.54, 1.807) is 5.57 Å². The fourth-order valence-corrected chi connectivity index (χ4v) is 6.25. The maximum Gasteiger partial charge on any atom is 0.0583 e. The molecule has 0 aromatic carbocycles. The number of allylic oxidation sites excluding steroid dienone is 6. The highest BCUT2D eigenvalue weighted by Gasteiger charge is 2.50. The van der Waals surface area contributed by atoms with Gasteiger partial charge in [-0.2, -0.15) is 0 Å². The minimum absolute atomic E-state index is 0.182. The summed E-state index contributed by atoms with van der Waals surface area (Å²) in [5, 5.41) is 10.0. The molecule has 0 spiro atoms. The maximum absolute atomic E-state index is 10.0. The van der Waals surface area contributed by atoms with Crippen LogP contribution in [0.15, 0.2) is 47.6 Å². The predicted octanol–water partition coefficient (Wildman–Crippen LogP) is 7.64. The molecule has 0 aromatic rings. The van der Waals surface area contributed by atoms with Gasteiger partial charge in [-0.05, 0) is 91.9 Å². The molecule has 3 rings (SSSR count). The zero-order chi connectivity index (χ0) is 21.2. The van der Waals surface area contributed by atoms with E-state index in [4.69, 9.17) is 0 Å². The van der Waals surface area contributed by atoms with Gasteiger partial charge in [0.05, 0.1) is 6.10 Å². The van der Waals surface area contributed by atoms with Gasteiger partial charge in [-0.3, -0.25) is 0 Å². The highest BCUT2D eigenvalue weighted by atomic mass is 16.3. The average Bonchev–Trinajstić information content (AvgIpc) is 3.04. The smallest absolute Gasteiger partial charge is 0.0583 e. The Hall–Kier alpha value is -1.08. The van der Waals surface area contributed by atoms with Gasteiger partial charge in [0.1, 0.15) is 0 Å². The van der Waals surface area contributed by atoms with Gasteiger partial charge in [-0.15, -0.1) is 0 Å². The maximum atomic E-state index is 10.0. The van der Waals surface area contributed by atoms with Crippen molar-refractivity contribution < 1.29 is 5.11 Å². The minimum Gasteiger partial charge on any atom is -0.393 e. The molecule has 3 saturated carbocycles. The molecule has 1 nitrogen and oxygen atoms in total. The fraction of sp³-hybridized carbons (Fsp3) is 0.714. The van der Waals surface area contributed by atoms with Crippen LogP contribution in [0.1, 0.15) is 86.0 Å². The summed E-state index contributed by atoms with van der Waals surface area (Å²) in [6, 6.07) is 0. The molecule has 162 valence electrons. The number of hydrogen-bond acceptors (Lipinski definition) is 1. The van der Waals surface area contributed by atoms with E-state index in [2.05, 4.69) is 65.5 Å². The molecule has 3 fully saturated rings.